The van der Waals surface area contributed by atoms with Crippen molar-refractivity contribution >= 4 is 37.8 Å². The Morgan fingerprint density at radius 1 is 0.704 bits per heavy atom. The summed E-state index contributed by atoms with van der Waals surface area (Å²) in [6.45, 7) is 2.24. The van der Waals surface area contributed by atoms with Crippen molar-refractivity contribution in [3.05, 3.63) is 35.9 Å². The Morgan fingerprint density at radius 3 is 1.56 bits per heavy atom. The Kier molecular flexibility index (Phi) is 22.3. The van der Waals surface area contributed by atoms with Crippen LogP contribution in [0.3, 0.4) is 0 Å². The maximum atomic E-state index is 10.1. The van der Waals surface area contributed by atoms with Gasteiger partial charge in [-0.15, -0.1) is 0 Å². The van der Waals surface area contributed by atoms with Gasteiger partial charge in [0.1, 0.15) is 0 Å². The standard InChI is InChI=1S/C14H28O2.C8H8O2.In/c1-2-3-4-5-6-7-8-9-10-11-12-13-14(15)16;9-8(10)6-7-4-2-1-3-5-7;/h2-13H2,1H3,(H,15,16);1-5H,6H2,(H,9,10);/p-2. The Hall–Kier alpha value is -0.970. The summed E-state index contributed by atoms with van der Waals surface area (Å²) in [5.74, 6) is -1.94. The molecule has 0 aliphatic heterocycles. The van der Waals surface area contributed by atoms with E-state index in [1.807, 2.05) is 6.07 Å². The minimum absolute atomic E-state index is 0. The third-order valence-corrected chi connectivity index (χ3v) is 4.18. The minimum Gasteiger partial charge on any atom is -0.550 e. The average molecular weight is 477 g/mol. The number of carboxylic acids is 2. The molecule has 4 nitrogen and oxygen atoms in total. The fourth-order valence-corrected chi connectivity index (χ4v) is 2.70. The molecule has 0 bridgehead atoms. The van der Waals surface area contributed by atoms with E-state index in [1.54, 1.807) is 24.3 Å². The van der Waals surface area contributed by atoms with Crippen molar-refractivity contribution in [3.63, 3.8) is 0 Å². The van der Waals surface area contributed by atoms with Crippen LogP contribution in [0.5, 0.6) is 0 Å². The molecule has 27 heavy (non-hydrogen) atoms. The van der Waals surface area contributed by atoms with E-state index >= 15 is 0 Å². The predicted octanol–water partition coefficient (Wildman–Crippen LogP) is 3.04. The van der Waals surface area contributed by atoms with Gasteiger partial charge in [0.2, 0.25) is 0 Å². The zero-order valence-corrected chi connectivity index (χ0v) is 20.1. The number of unbranched alkanes of at least 4 members (excludes halogenated alkanes) is 10. The number of carbonyl (C=O) groups is 2. The molecule has 0 aliphatic rings. The molecule has 0 N–H and O–H groups in total. The molecule has 5 heteroatoms. The molecule has 0 amide bonds. The predicted molar refractivity (Wildman–Crippen MR) is 107 cm³/mol. The Bertz CT molecular complexity index is 463. The van der Waals surface area contributed by atoms with E-state index in [0.29, 0.717) is 0 Å². The van der Waals surface area contributed by atoms with Crippen molar-refractivity contribution in [2.75, 3.05) is 0 Å². The molecule has 0 atom stereocenters. The normalized spacial score (nSPS) is 9.67. The van der Waals surface area contributed by atoms with Gasteiger partial charge in [0, 0.05) is 44.2 Å². The largest absolute Gasteiger partial charge is 0.550 e. The Labute approximate surface area is 183 Å². The number of hydrogen-bond donors (Lipinski definition) is 0. The summed E-state index contributed by atoms with van der Waals surface area (Å²) in [4.78, 5) is 20.2. The summed E-state index contributed by atoms with van der Waals surface area (Å²) in [6.07, 6.45) is 14.0. The van der Waals surface area contributed by atoms with Crippen LogP contribution in [0.4, 0.5) is 0 Å². The van der Waals surface area contributed by atoms with Crippen LogP contribution >= 0.6 is 0 Å². The summed E-state index contributed by atoms with van der Waals surface area (Å²) in [5, 5.41) is 20.2. The molecule has 1 aromatic rings. The van der Waals surface area contributed by atoms with E-state index in [0.717, 1.165) is 18.4 Å². The summed E-state index contributed by atoms with van der Waals surface area (Å²) in [5.41, 5.74) is 0.780. The number of hydrogen-bond acceptors (Lipinski definition) is 4. The zero-order chi connectivity index (χ0) is 19.5. The van der Waals surface area contributed by atoms with E-state index in [4.69, 9.17) is 0 Å². The number of carboxylic acid groups (broad SMARTS) is 2. The van der Waals surface area contributed by atoms with Crippen molar-refractivity contribution in [2.24, 2.45) is 0 Å². The fourth-order valence-electron chi connectivity index (χ4n) is 2.70. The molecule has 1 aromatic carbocycles. The van der Waals surface area contributed by atoms with Crippen molar-refractivity contribution < 1.29 is 19.8 Å². The van der Waals surface area contributed by atoms with Crippen LogP contribution in [0.15, 0.2) is 30.3 Å². The minimum atomic E-state index is -1.04. The van der Waals surface area contributed by atoms with Crippen LogP contribution in [-0.2, 0) is 16.0 Å². The van der Waals surface area contributed by atoms with Crippen LogP contribution in [0.1, 0.15) is 89.5 Å². The molecule has 0 aromatic heterocycles. The first-order valence-electron chi connectivity index (χ1n) is 9.99. The van der Waals surface area contributed by atoms with E-state index < -0.39 is 11.9 Å². The molecule has 0 spiro atoms. The summed E-state index contributed by atoms with van der Waals surface area (Å²) in [7, 11) is 0. The summed E-state index contributed by atoms with van der Waals surface area (Å²) >= 11 is 0. The molecular weight excluding hydrogens is 443 g/mol. The molecule has 0 aliphatic carbocycles. The molecular formula is C22H34InO4-2. The average Bonchev–Trinajstić information content (AvgIpc) is 2.60. The van der Waals surface area contributed by atoms with Gasteiger partial charge in [0.05, 0.1) is 0 Å². The SMILES string of the molecule is CCCCCCCCCCCCCC(=O)[O-].O=C([O-])Cc1ccccc1.[In]. The summed E-state index contributed by atoms with van der Waals surface area (Å²) < 4.78 is 0. The van der Waals surface area contributed by atoms with Gasteiger partial charge in [-0.25, -0.2) is 0 Å². The van der Waals surface area contributed by atoms with Crippen molar-refractivity contribution in [2.45, 2.75) is 90.4 Å². The Balaban J connectivity index is 0. The fraction of sp³-hybridized carbons (Fsp3) is 0.636. The first-order chi connectivity index (χ1) is 12.6. The second kappa shape index (κ2) is 21.3. The number of aliphatic carboxylic acids is 2. The quantitative estimate of drug-likeness (QED) is 0.386. The van der Waals surface area contributed by atoms with Gasteiger partial charge in [-0.2, -0.15) is 0 Å². The third-order valence-electron chi connectivity index (χ3n) is 4.18. The third kappa shape index (κ3) is 23.0. The molecule has 151 valence electrons. The van der Waals surface area contributed by atoms with Crippen LogP contribution < -0.4 is 10.2 Å². The van der Waals surface area contributed by atoms with Crippen LogP contribution in [0, 0.1) is 0 Å². The van der Waals surface area contributed by atoms with Gasteiger partial charge in [0.15, 0.2) is 0 Å². The molecule has 0 fully saturated rings. The second-order valence-corrected chi connectivity index (χ2v) is 6.69. The number of carbonyl (C=O) groups excluding carboxylic acids is 2. The Morgan fingerprint density at radius 2 is 1.15 bits per heavy atom. The van der Waals surface area contributed by atoms with E-state index in [2.05, 4.69) is 6.92 Å². The van der Waals surface area contributed by atoms with Crippen LogP contribution in [0.25, 0.3) is 0 Å². The van der Waals surface area contributed by atoms with Crippen LogP contribution in [0.2, 0.25) is 0 Å². The molecule has 0 unspecified atom stereocenters. The number of benzene rings is 1. The molecule has 1 rings (SSSR count). The number of rotatable bonds is 14. The monoisotopic (exact) mass is 477 g/mol. The van der Waals surface area contributed by atoms with Crippen molar-refractivity contribution in [1.82, 2.24) is 0 Å². The van der Waals surface area contributed by atoms with E-state index in [1.165, 1.54) is 57.8 Å². The first-order valence-corrected chi connectivity index (χ1v) is 9.99. The second-order valence-electron chi connectivity index (χ2n) is 6.69. The topological polar surface area (TPSA) is 80.3 Å². The maximum absolute atomic E-state index is 10.1. The van der Waals surface area contributed by atoms with E-state index in [-0.39, 0.29) is 38.7 Å². The maximum Gasteiger partial charge on any atom is 0.0458 e. The zero-order valence-electron chi connectivity index (χ0n) is 16.8. The van der Waals surface area contributed by atoms with Gasteiger partial charge in [-0.3, -0.25) is 0 Å². The molecule has 0 saturated heterocycles. The van der Waals surface area contributed by atoms with Gasteiger partial charge >= 0.3 is 0 Å². The molecule has 3 radical (unpaired) electrons. The molecule has 0 heterocycles. The van der Waals surface area contributed by atoms with Crippen molar-refractivity contribution in [3.8, 4) is 0 Å². The van der Waals surface area contributed by atoms with E-state index in [9.17, 15) is 19.8 Å². The first kappa shape index (κ1) is 28.2. The van der Waals surface area contributed by atoms with Gasteiger partial charge in [-0.05, 0) is 18.4 Å². The smallest absolute Gasteiger partial charge is 0.0458 e. The van der Waals surface area contributed by atoms with Gasteiger partial charge < -0.3 is 19.8 Å². The molecule has 0 saturated carbocycles. The van der Waals surface area contributed by atoms with Gasteiger partial charge in [0.25, 0.3) is 0 Å². The van der Waals surface area contributed by atoms with Gasteiger partial charge in [-0.1, -0.05) is 101 Å². The summed E-state index contributed by atoms with van der Waals surface area (Å²) in [6, 6.07) is 8.97. The van der Waals surface area contributed by atoms with Crippen molar-refractivity contribution in [1.29, 1.82) is 0 Å². The van der Waals surface area contributed by atoms with Crippen LogP contribution in [-0.4, -0.2) is 37.8 Å².